The van der Waals surface area contributed by atoms with Crippen LogP contribution in [0.4, 0.5) is 0 Å². The number of carbonyl (C=O) groups is 4. The van der Waals surface area contributed by atoms with Gasteiger partial charge in [-0.15, -0.1) is 0 Å². The Kier molecular flexibility index (Phi) is 17.4. The minimum atomic E-state index is -1.11. The maximum absolute atomic E-state index is 12.2. The highest BCUT2D eigenvalue weighted by molar-refractivity contribution is 5.66. The first-order valence-electron chi connectivity index (χ1n) is 14.8. The summed E-state index contributed by atoms with van der Waals surface area (Å²) in [4.78, 5) is 42.3. The number of aliphatic carboxylic acids is 2. The van der Waals surface area contributed by atoms with E-state index in [2.05, 4.69) is 0 Å². The van der Waals surface area contributed by atoms with Gasteiger partial charge in [-0.1, -0.05) is 91.0 Å². The number of esters is 2. The molecule has 254 valence electrons. The maximum Gasteiger partial charge on any atom is 0.305 e. The number of hydrogen-bond acceptors (Lipinski definition) is 10. The Morgan fingerprint density at radius 1 is 0.574 bits per heavy atom. The fraction of sp³-hybridized carbons (Fsp3) is 0.371. The highest BCUT2D eigenvalue weighted by Gasteiger charge is 2.51. The topological polar surface area (TPSA) is 164 Å². The van der Waals surface area contributed by atoms with E-state index in [4.69, 9.17) is 48.2 Å². The van der Waals surface area contributed by atoms with E-state index in [-0.39, 0.29) is 19.8 Å². The Bertz CT molecular complexity index is 1330. The van der Waals surface area contributed by atoms with E-state index in [1.54, 1.807) is 0 Å². The largest absolute Gasteiger partial charge is 0.481 e. The number of carboxylic acids is 2. The molecule has 3 aromatic rings. The SMILES string of the molecule is CC(=O)O.CC(=O)O.CC(=O)OC1O[C@H](COCc2ccccc2)[C@H](OC(C)=O)[C@H](OCc2ccccc2)[C@H]1OCc1ccccc1. The average molecular weight is 655 g/mol. The van der Waals surface area contributed by atoms with Crippen LogP contribution in [0.15, 0.2) is 91.0 Å². The van der Waals surface area contributed by atoms with Crippen LogP contribution < -0.4 is 0 Å². The number of rotatable bonds is 12. The smallest absolute Gasteiger partial charge is 0.305 e. The van der Waals surface area contributed by atoms with Gasteiger partial charge in [-0.05, 0) is 16.7 Å². The Morgan fingerprint density at radius 2 is 0.957 bits per heavy atom. The molecule has 1 fully saturated rings. The van der Waals surface area contributed by atoms with Crippen molar-refractivity contribution in [2.75, 3.05) is 6.61 Å². The summed E-state index contributed by atoms with van der Waals surface area (Å²) >= 11 is 0. The van der Waals surface area contributed by atoms with Gasteiger partial charge in [0.15, 0.2) is 12.2 Å². The summed E-state index contributed by atoms with van der Waals surface area (Å²) in [6, 6.07) is 28.9. The number of ether oxygens (including phenoxy) is 6. The fourth-order valence-corrected chi connectivity index (χ4v) is 4.37. The summed E-state index contributed by atoms with van der Waals surface area (Å²) < 4.78 is 36.1. The predicted molar refractivity (Wildman–Crippen MR) is 169 cm³/mol. The Labute approximate surface area is 274 Å². The Balaban J connectivity index is 0.000000862. The van der Waals surface area contributed by atoms with E-state index in [9.17, 15) is 9.59 Å². The van der Waals surface area contributed by atoms with Crippen molar-refractivity contribution in [1.29, 1.82) is 0 Å². The molecule has 1 unspecified atom stereocenters. The van der Waals surface area contributed by atoms with E-state index < -0.39 is 54.6 Å². The maximum atomic E-state index is 12.2. The van der Waals surface area contributed by atoms with Crippen LogP contribution in [0.5, 0.6) is 0 Å². The first-order valence-corrected chi connectivity index (χ1v) is 14.8. The van der Waals surface area contributed by atoms with Crippen molar-refractivity contribution in [2.24, 2.45) is 0 Å². The van der Waals surface area contributed by atoms with Crippen molar-refractivity contribution in [1.82, 2.24) is 0 Å². The zero-order valence-electron chi connectivity index (χ0n) is 26.9. The molecule has 5 atom stereocenters. The zero-order valence-corrected chi connectivity index (χ0v) is 26.9. The van der Waals surface area contributed by atoms with Crippen molar-refractivity contribution in [3.05, 3.63) is 108 Å². The second kappa shape index (κ2) is 21.2. The fourth-order valence-electron chi connectivity index (χ4n) is 4.37. The molecule has 0 saturated carbocycles. The molecule has 0 aliphatic carbocycles. The summed E-state index contributed by atoms with van der Waals surface area (Å²) in [6.45, 7) is 5.62. The quantitative estimate of drug-likeness (QED) is 0.257. The van der Waals surface area contributed by atoms with E-state index in [1.165, 1.54) is 13.8 Å². The second-order valence-electron chi connectivity index (χ2n) is 10.3. The highest BCUT2D eigenvalue weighted by atomic mass is 16.7. The molecule has 4 rings (SSSR count). The van der Waals surface area contributed by atoms with Crippen molar-refractivity contribution < 1.29 is 57.8 Å². The van der Waals surface area contributed by atoms with Gasteiger partial charge in [-0.2, -0.15) is 0 Å². The van der Waals surface area contributed by atoms with E-state index >= 15 is 0 Å². The molecule has 12 nitrogen and oxygen atoms in total. The molecule has 1 aliphatic rings. The summed E-state index contributed by atoms with van der Waals surface area (Å²) in [6.07, 6.45) is -4.47. The lowest BCUT2D eigenvalue weighted by molar-refractivity contribution is -0.314. The molecule has 2 N–H and O–H groups in total. The van der Waals surface area contributed by atoms with Crippen molar-refractivity contribution in [2.45, 2.75) is 78.2 Å². The lowest BCUT2D eigenvalue weighted by Gasteiger charge is -2.44. The molecule has 47 heavy (non-hydrogen) atoms. The van der Waals surface area contributed by atoms with Crippen LogP contribution >= 0.6 is 0 Å². The number of benzene rings is 3. The standard InChI is InChI=1S/C31H34O8.2C2H4O2/c1-22(32)37-28-27(21-34-18-24-12-6-3-7-13-24)39-31(38-23(2)33)30(36-20-26-16-10-5-11-17-26)29(28)35-19-25-14-8-4-9-15-25;2*1-2(3)4/h3-17,27-31H,18-21H2,1-2H3;2*1H3,(H,3,4)/t27-,28+,29+,30-,31?;;/m1../s1. The molecule has 0 spiro atoms. The second-order valence-corrected chi connectivity index (χ2v) is 10.3. The minimum Gasteiger partial charge on any atom is -0.481 e. The Hall–Kier alpha value is -4.62. The third-order valence-electron chi connectivity index (χ3n) is 6.14. The van der Waals surface area contributed by atoms with Gasteiger partial charge in [0.2, 0.25) is 6.29 Å². The molecule has 12 heteroatoms. The van der Waals surface area contributed by atoms with E-state index in [1.807, 2.05) is 91.0 Å². The molecule has 0 bridgehead atoms. The summed E-state index contributed by atoms with van der Waals surface area (Å²) in [5, 5.41) is 14.8. The van der Waals surface area contributed by atoms with Gasteiger partial charge in [0.25, 0.3) is 11.9 Å². The van der Waals surface area contributed by atoms with Crippen molar-refractivity contribution >= 4 is 23.9 Å². The molecule has 3 aromatic carbocycles. The van der Waals surface area contributed by atoms with Crippen LogP contribution in [0, 0.1) is 0 Å². The van der Waals surface area contributed by atoms with Crippen LogP contribution in [-0.2, 0) is 67.4 Å². The Morgan fingerprint density at radius 3 is 1.36 bits per heavy atom. The van der Waals surface area contributed by atoms with Gasteiger partial charge < -0.3 is 38.6 Å². The molecule has 1 aliphatic heterocycles. The van der Waals surface area contributed by atoms with Crippen LogP contribution in [0.3, 0.4) is 0 Å². The molecule has 0 radical (unpaired) electrons. The average Bonchev–Trinajstić information content (AvgIpc) is 3.01. The lowest BCUT2D eigenvalue weighted by Crippen LogP contribution is -2.62. The van der Waals surface area contributed by atoms with Gasteiger partial charge >= 0.3 is 11.9 Å². The van der Waals surface area contributed by atoms with E-state index in [0.717, 1.165) is 30.5 Å². The van der Waals surface area contributed by atoms with Gasteiger partial charge in [-0.3, -0.25) is 19.2 Å². The normalized spacial score (nSPS) is 19.9. The van der Waals surface area contributed by atoms with Gasteiger partial charge in [0, 0.05) is 27.7 Å². The summed E-state index contributed by atoms with van der Waals surface area (Å²) in [7, 11) is 0. The van der Waals surface area contributed by atoms with Crippen molar-refractivity contribution in [3.8, 4) is 0 Å². The van der Waals surface area contributed by atoms with Gasteiger partial charge in [0.05, 0.1) is 26.4 Å². The first-order chi connectivity index (χ1) is 22.5. The third kappa shape index (κ3) is 16.0. The molecule has 0 aromatic heterocycles. The molecular formula is C35H42O12. The van der Waals surface area contributed by atoms with Crippen LogP contribution in [0.1, 0.15) is 44.4 Å². The minimum absolute atomic E-state index is 0.0706. The molecular weight excluding hydrogens is 612 g/mol. The number of carboxylic acid groups (broad SMARTS) is 2. The van der Waals surface area contributed by atoms with Crippen molar-refractivity contribution in [3.63, 3.8) is 0 Å². The van der Waals surface area contributed by atoms with Gasteiger partial charge in [-0.25, -0.2) is 0 Å². The van der Waals surface area contributed by atoms with Crippen LogP contribution in [0.2, 0.25) is 0 Å². The van der Waals surface area contributed by atoms with Crippen LogP contribution in [-0.4, -0.2) is 71.4 Å². The summed E-state index contributed by atoms with van der Waals surface area (Å²) in [5.74, 6) is -2.71. The monoisotopic (exact) mass is 654 g/mol. The first kappa shape index (κ1) is 38.6. The number of hydrogen-bond donors (Lipinski definition) is 2. The molecule has 1 heterocycles. The van der Waals surface area contributed by atoms with E-state index in [0.29, 0.717) is 6.61 Å². The number of carbonyl (C=O) groups excluding carboxylic acids is 2. The zero-order chi connectivity index (χ0) is 34.6. The molecule has 1 saturated heterocycles. The van der Waals surface area contributed by atoms with Crippen LogP contribution in [0.25, 0.3) is 0 Å². The van der Waals surface area contributed by atoms with Gasteiger partial charge in [0.1, 0.15) is 12.2 Å². The predicted octanol–water partition coefficient (Wildman–Crippen LogP) is 4.78. The molecule has 0 amide bonds. The summed E-state index contributed by atoms with van der Waals surface area (Å²) in [5.41, 5.74) is 2.82. The third-order valence-corrected chi connectivity index (χ3v) is 6.14. The lowest BCUT2D eigenvalue weighted by atomic mass is 9.98. The highest BCUT2D eigenvalue weighted by Crippen LogP contribution is 2.31.